The summed E-state index contributed by atoms with van der Waals surface area (Å²) in [5.74, 6) is -1.94. The van der Waals surface area contributed by atoms with Crippen molar-refractivity contribution in [2.24, 2.45) is 0 Å². The maximum absolute atomic E-state index is 12.2. The zero-order valence-electron chi connectivity index (χ0n) is 20.9. The Morgan fingerprint density at radius 3 is 1.94 bits per heavy atom. The van der Waals surface area contributed by atoms with E-state index in [0.717, 1.165) is 19.3 Å². The van der Waals surface area contributed by atoms with Crippen molar-refractivity contribution in [3.05, 3.63) is 0 Å². The Hall–Kier alpha value is -1.67. The highest BCUT2D eigenvalue weighted by Gasteiger charge is 2.25. The second-order valence-corrected chi connectivity index (χ2v) is 9.31. The fourth-order valence-corrected chi connectivity index (χ4v) is 3.38. The van der Waals surface area contributed by atoms with Crippen LogP contribution in [-0.4, -0.2) is 75.5 Å². The van der Waals surface area contributed by atoms with Crippen molar-refractivity contribution in [2.75, 3.05) is 41.0 Å². The van der Waals surface area contributed by atoms with E-state index >= 15 is 0 Å². The molecule has 0 aromatic rings. The van der Waals surface area contributed by atoms with Crippen LogP contribution in [0.1, 0.15) is 84.5 Å². The van der Waals surface area contributed by atoms with E-state index in [9.17, 15) is 19.5 Å². The van der Waals surface area contributed by atoms with Gasteiger partial charge in [0.1, 0.15) is 12.6 Å². The minimum atomic E-state index is -1.13. The number of likely N-dealkylation sites (N-methyl/N-ethyl adjacent to an activating group) is 1. The van der Waals surface area contributed by atoms with Crippen LogP contribution in [0.3, 0.4) is 0 Å². The van der Waals surface area contributed by atoms with Crippen molar-refractivity contribution >= 4 is 17.9 Å². The Balaban J connectivity index is 4.22. The van der Waals surface area contributed by atoms with E-state index in [-0.39, 0.29) is 36.7 Å². The first-order valence-corrected chi connectivity index (χ1v) is 12.0. The van der Waals surface area contributed by atoms with Crippen molar-refractivity contribution in [1.82, 2.24) is 0 Å². The molecule has 32 heavy (non-hydrogen) atoms. The molecule has 0 fully saturated rings. The second kappa shape index (κ2) is 17.8. The van der Waals surface area contributed by atoms with Gasteiger partial charge in [0.25, 0.3) is 0 Å². The van der Waals surface area contributed by atoms with Crippen LogP contribution in [0, 0.1) is 0 Å². The van der Waals surface area contributed by atoms with Crippen LogP contribution in [0.4, 0.5) is 0 Å². The standard InChI is InChI=1S/C24H45NO7/c1-6-7-8-9-10-11-12-13-14-15-23(27)32-21(19-31-20(2)26)18-30-17-16-22(24(28)29)25(3,4)5/h21-22H,6-19H2,1-5H3. The predicted molar refractivity (Wildman–Crippen MR) is 121 cm³/mol. The van der Waals surface area contributed by atoms with Crippen molar-refractivity contribution < 1.29 is 38.2 Å². The number of carboxylic acid groups (broad SMARTS) is 1. The van der Waals surface area contributed by atoms with Crippen LogP contribution < -0.4 is 5.11 Å². The van der Waals surface area contributed by atoms with E-state index in [1.165, 1.54) is 45.4 Å². The molecule has 2 unspecified atom stereocenters. The van der Waals surface area contributed by atoms with Gasteiger partial charge in [-0.1, -0.05) is 58.3 Å². The summed E-state index contributed by atoms with van der Waals surface area (Å²) >= 11 is 0. The van der Waals surface area contributed by atoms with Gasteiger partial charge in [0.2, 0.25) is 0 Å². The number of ether oxygens (including phenoxy) is 3. The average molecular weight is 460 g/mol. The number of rotatable bonds is 20. The number of hydrogen-bond donors (Lipinski definition) is 0. The Morgan fingerprint density at radius 1 is 0.875 bits per heavy atom. The van der Waals surface area contributed by atoms with E-state index in [1.54, 1.807) is 21.1 Å². The number of carboxylic acids is 1. The summed E-state index contributed by atoms with van der Waals surface area (Å²) in [7, 11) is 5.33. The molecule has 0 aromatic carbocycles. The van der Waals surface area contributed by atoms with Crippen LogP contribution in [0.2, 0.25) is 0 Å². The third kappa shape index (κ3) is 17.0. The highest BCUT2D eigenvalue weighted by molar-refractivity contribution is 5.70. The van der Waals surface area contributed by atoms with Gasteiger partial charge in [-0.05, 0) is 6.42 Å². The lowest BCUT2D eigenvalue weighted by Gasteiger charge is -2.34. The molecule has 8 nitrogen and oxygen atoms in total. The maximum Gasteiger partial charge on any atom is 0.306 e. The summed E-state index contributed by atoms with van der Waals surface area (Å²) in [6.45, 7) is 3.61. The number of carbonyl (C=O) groups excluding carboxylic acids is 3. The van der Waals surface area contributed by atoms with Gasteiger partial charge in [-0.3, -0.25) is 9.59 Å². The largest absolute Gasteiger partial charge is 0.544 e. The Kier molecular flexibility index (Phi) is 16.9. The Bertz CT molecular complexity index is 531. The number of nitrogens with zero attached hydrogens (tertiary/aromatic N) is 1. The van der Waals surface area contributed by atoms with Crippen LogP contribution in [0.25, 0.3) is 0 Å². The van der Waals surface area contributed by atoms with Crippen LogP contribution in [-0.2, 0) is 28.6 Å². The van der Waals surface area contributed by atoms with Gasteiger partial charge in [-0.15, -0.1) is 0 Å². The lowest BCUT2D eigenvalue weighted by molar-refractivity contribution is -0.889. The summed E-state index contributed by atoms with van der Waals surface area (Å²) in [6.07, 6.45) is 10.3. The van der Waals surface area contributed by atoms with Gasteiger partial charge in [0.15, 0.2) is 6.10 Å². The molecule has 188 valence electrons. The average Bonchev–Trinajstić information content (AvgIpc) is 2.69. The van der Waals surface area contributed by atoms with E-state index < -0.39 is 24.1 Å². The van der Waals surface area contributed by atoms with Crippen molar-refractivity contribution in [1.29, 1.82) is 0 Å². The lowest BCUT2D eigenvalue weighted by atomic mass is 10.1. The fraction of sp³-hybridized carbons (Fsp3) is 0.875. The molecule has 0 bridgehead atoms. The number of hydrogen-bond acceptors (Lipinski definition) is 7. The summed E-state index contributed by atoms with van der Waals surface area (Å²) in [5, 5.41) is 11.3. The van der Waals surface area contributed by atoms with E-state index in [0.29, 0.717) is 6.42 Å². The van der Waals surface area contributed by atoms with Crippen molar-refractivity contribution in [3.63, 3.8) is 0 Å². The lowest BCUT2D eigenvalue weighted by Crippen LogP contribution is -2.55. The SMILES string of the molecule is CCCCCCCCCCCC(=O)OC(COCCC(C(=O)[O-])[N+](C)(C)C)COC(C)=O. The summed E-state index contributed by atoms with van der Waals surface area (Å²) in [4.78, 5) is 34.6. The maximum atomic E-state index is 12.2. The molecular weight excluding hydrogens is 414 g/mol. The molecule has 0 aromatic heterocycles. The zero-order valence-corrected chi connectivity index (χ0v) is 20.9. The monoisotopic (exact) mass is 459 g/mol. The third-order valence-corrected chi connectivity index (χ3v) is 5.30. The number of carbonyl (C=O) groups is 3. The zero-order chi connectivity index (χ0) is 24.4. The molecule has 8 heteroatoms. The molecule has 0 radical (unpaired) electrons. The molecule has 0 saturated heterocycles. The van der Waals surface area contributed by atoms with Crippen molar-refractivity contribution in [3.8, 4) is 0 Å². The van der Waals surface area contributed by atoms with Gasteiger partial charge >= 0.3 is 11.9 Å². The summed E-state index contributed by atoms with van der Waals surface area (Å²) in [5.41, 5.74) is 0. The smallest absolute Gasteiger partial charge is 0.306 e. The molecule has 0 saturated carbocycles. The highest BCUT2D eigenvalue weighted by atomic mass is 16.6. The molecule has 0 N–H and O–H groups in total. The second-order valence-electron chi connectivity index (χ2n) is 9.31. The molecule has 0 heterocycles. The normalized spacial score (nSPS) is 13.4. The molecule has 0 spiro atoms. The van der Waals surface area contributed by atoms with Crippen LogP contribution in [0.15, 0.2) is 0 Å². The van der Waals surface area contributed by atoms with Gasteiger partial charge in [-0.2, -0.15) is 0 Å². The predicted octanol–water partition coefficient (Wildman–Crippen LogP) is 2.61. The fourth-order valence-electron chi connectivity index (χ4n) is 3.38. The first-order chi connectivity index (χ1) is 15.1. The quantitative estimate of drug-likeness (QED) is 0.157. The molecule has 0 aliphatic heterocycles. The van der Waals surface area contributed by atoms with E-state index in [2.05, 4.69) is 6.92 Å². The van der Waals surface area contributed by atoms with Crippen LogP contribution in [0.5, 0.6) is 0 Å². The minimum absolute atomic E-state index is 0.0354. The first-order valence-electron chi connectivity index (χ1n) is 12.0. The summed E-state index contributed by atoms with van der Waals surface area (Å²) in [6, 6.07) is -0.712. The number of aliphatic carboxylic acids is 1. The van der Waals surface area contributed by atoms with Crippen LogP contribution >= 0.6 is 0 Å². The summed E-state index contributed by atoms with van der Waals surface area (Å²) < 4.78 is 16.1. The molecule has 0 amide bonds. The minimum Gasteiger partial charge on any atom is -0.544 e. The van der Waals surface area contributed by atoms with Gasteiger partial charge < -0.3 is 28.6 Å². The molecule has 2 atom stereocenters. The first kappa shape index (κ1) is 30.3. The number of unbranched alkanes of at least 4 members (excludes halogenated alkanes) is 8. The van der Waals surface area contributed by atoms with Gasteiger partial charge in [0, 0.05) is 19.8 Å². The highest BCUT2D eigenvalue weighted by Crippen LogP contribution is 2.12. The van der Waals surface area contributed by atoms with Crippen molar-refractivity contribution in [2.45, 2.75) is 96.6 Å². The Morgan fingerprint density at radius 2 is 1.44 bits per heavy atom. The molecular formula is C24H45NO7. The van der Waals surface area contributed by atoms with E-state index in [1.807, 2.05) is 0 Å². The third-order valence-electron chi connectivity index (χ3n) is 5.30. The Labute approximate surface area is 194 Å². The number of quaternary nitrogens is 1. The molecule has 0 aliphatic rings. The molecule has 0 aliphatic carbocycles. The topological polar surface area (TPSA) is 102 Å². The molecule has 0 rings (SSSR count). The van der Waals surface area contributed by atoms with E-state index in [4.69, 9.17) is 14.2 Å². The van der Waals surface area contributed by atoms with Gasteiger partial charge in [-0.25, -0.2) is 0 Å². The van der Waals surface area contributed by atoms with Gasteiger partial charge in [0.05, 0.1) is 40.3 Å². The number of esters is 2.